The Hall–Kier alpha value is -3.10. The summed E-state index contributed by atoms with van der Waals surface area (Å²) in [5, 5.41) is 14.7. The number of benzene rings is 2. The van der Waals surface area contributed by atoms with Crippen molar-refractivity contribution in [3.05, 3.63) is 71.0 Å². The Labute approximate surface area is 175 Å². The molecule has 0 radical (unpaired) electrons. The fraction of sp³-hybridized carbons (Fsp3) is 0.364. The molecule has 4 rings (SSSR count). The lowest BCUT2D eigenvalue weighted by Crippen LogP contribution is -2.43. The van der Waals surface area contributed by atoms with Gasteiger partial charge in [-0.1, -0.05) is 35.9 Å². The van der Waals surface area contributed by atoms with Crippen LogP contribution in [0.4, 0.5) is 0 Å². The van der Waals surface area contributed by atoms with E-state index >= 15 is 0 Å². The van der Waals surface area contributed by atoms with Gasteiger partial charge >= 0.3 is 0 Å². The van der Waals surface area contributed by atoms with E-state index in [9.17, 15) is 4.79 Å². The molecule has 1 saturated heterocycles. The predicted molar refractivity (Wildman–Crippen MR) is 113 cm³/mol. The van der Waals surface area contributed by atoms with Gasteiger partial charge in [0.1, 0.15) is 0 Å². The molecule has 1 fully saturated rings. The van der Waals surface area contributed by atoms with Gasteiger partial charge in [-0.25, -0.2) is 0 Å². The molecule has 1 aromatic heterocycles. The normalized spacial score (nSPS) is 15.7. The van der Waals surface area contributed by atoms with E-state index in [0.29, 0.717) is 31.1 Å². The lowest BCUT2D eigenvalue weighted by Gasteiger charge is -2.35. The van der Waals surface area contributed by atoms with Crippen molar-refractivity contribution in [3.63, 3.8) is 0 Å². The standard InChI is InChI=1S/C22H26N6O2/c1-16-6-8-18(9-7-16)21(27-10-12-30-13-11-27)15-23-22(29)19-4-3-5-20(14-19)28-17(2)24-25-26-28/h3-9,14,21H,10-13,15H2,1-2H3,(H,23,29)/t21-/m0/s1. The molecule has 3 aromatic rings. The van der Waals surface area contributed by atoms with Crippen LogP contribution in [0.5, 0.6) is 0 Å². The zero-order valence-electron chi connectivity index (χ0n) is 17.3. The number of rotatable bonds is 6. The maximum atomic E-state index is 12.9. The largest absolute Gasteiger partial charge is 0.379 e. The minimum Gasteiger partial charge on any atom is -0.379 e. The fourth-order valence-electron chi connectivity index (χ4n) is 3.68. The molecule has 30 heavy (non-hydrogen) atoms. The lowest BCUT2D eigenvalue weighted by atomic mass is 10.0. The molecule has 0 saturated carbocycles. The van der Waals surface area contributed by atoms with Crippen molar-refractivity contribution in [2.24, 2.45) is 0 Å². The minimum atomic E-state index is -0.118. The first-order valence-corrected chi connectivity index (χ1v) is 10.1. The van der Waals surface area contributed by atoms with Gasteiger partial charge in [0.25, 0.3) is 5.91 Å². The number of amides is 1. The Kier molecular flexibility index (Phi) is 6.15. The number of hydrogen-bond acceptors (Lipinski definition) is 6. The molecule has 156 valence electrons. The first-order chi connectivity index (χ1) is 14.6. The molecule has 1 atom stereocenters. The van der Waals surface area contributed by atoms with Crippen LogP contribution in [0.15, 0.2) is 48.5 Å². The second-order valence-corrected chi connectivity index (χ2v) is 7.47. The van der Waals surface area contributed by atoms with E-state index in [0.717, 1.165) is 18.8 Å². The molecule has 2 heterocycles. The zero-order valence-corrected chi connectivity index (χ0v) is 17.3. The lowest BCUT2D eigenvalue weighted by molar-refractivity contribution is 0.0162. The molecule has 2 aromatic carbocycles. The SMILES string of the molecule is Cc1ccc([C@H](CNC(=O)c2cccc(-n3nnnc3C)c2)N2CCOCC2)cc1. The molecule has 1 N–H and O–H groups in total. The van der Waals surface area contributed by atoms with Crippen molar-refractivity contribution < 1.29 is 9.53 Å². The molecular weight excluding hydrogens is 380 g/mol. The van der Waals surface area contributed by atoms with Crippen LogP contribution in [-0.2, 0) is 4.74 Å². The van der Waals surface area contributed by atoms with E-state index in [2.05, 4.69) is 56.9 Å². The number of ether oxygens (including phenoxy) is 1. The number of hydrogen-bond donors (Lipinski definition) is 1. The average molecular weight is 406 g/mol. The van der Waals surface area contributed by atoms with Crippen molar-refractivity contribution in [3.8, 4) is 5.69 Å². The smallest absolute Gasteiger partial charge is 0.251 e. The van der Waals surface area contributed by atoms with Crippen molar-refractivity contribution in [2.45, 2.75) is 19.9 Å². The number of aromatic nitrogens is 4. The van der Waals surface area contributed by atoms with E-state index in [1.54, 1.807) is 16.8 Å². The van der Waals surface area contributed by atoms with Crippen LogP contribution in [0.3, 0.4) is 0 Å². The highest BCUT2D eigenvalue weighted by atomic mass is 16.5. The Morgan fingerprint density at radius 2 is 1.90 bits per heavy atom. The van der Waals surface area contributed by atoms with Crippen molar-refractivity contribution in [2.75, 3.05) is 32.8 Å². The average Bonchev–Trinajstić information content (AvgIpc) is 3.21. The van der Waals surface area contributed by atoms with E-state index in [1.807, 2.05) is 19.1 Å². The fourth-order valence-corrected chi connectivity index (χ4v) is 3.68. The highest BCUT2D eigenvalue weighted by molar-refractivity contribution is 5.94. The summed E-state index contributed by atoms with van der Waals surface area (Å²) >= 11 is 0. The van der Waals surface area contributed by atoms with Gasteiger partial charge < -0.3 is 10.1 Å². The molecule has 0 bridgehead atoms. The van der Waals surface area contributed by atoms with E-state index in [4.69, 9.17) is 4.74 Å². The number of tetrazole rings is 1. The van der Waals surface area contributed by atoms with Crippen LogP contribution in [0.2, 0.25) is 0 Å². The molecule has 0 unspecified atom stereocenters. The number of nitrogens with one attached hydrogen (secondary N) is 1. The summed E-state index contributed by atoms with van der Waals surface area (Å²) in [6.07, 6.45) is 0. The van der Waals surface area contributed by atoms with Crippen molar-refractivity contribution >= 4 is 5.91 Å². The van der Waals surface area contributed by atoms with Crippen LogP contribution in [0, 0.1) is 13.8 Å². The molecule has 8 nitrogen and oxygen atoms in total. The molecular formula is C22H26N6O2. The first kappa shape index (κ1) is 20.2. The summed E-state index contributed by atoms with van der Waals surface area (Å²) in [6, 6.07) is 15.9. The van der Waals surface area contributed by atoms with Crippen molar-refractivity contribution in [1.29, 1.82) is 0 Å². The number of carbonyl (C=O) groups excluding carboxylic acids is 1. The molecule has 1 amide bonds. The highest BCUT2D eigenvalue weighted by Gasteiger charge is 2.23. The van der Waals surface area contributed by atoms with Gasteiger partial charge in [-0.15, -0.1) is 5.10 Å². The van der Waals surface area contributed by atoms with Crippen LogP contribution in [-0.4, -0.2) is 63.9 Å². The number of aryl methyl sites for hydroxylation is 2. The van der Waals surface area contributed by atoms with Crippen LogP contribution in [0.25, 0.3) is 5.69 Å². The summed E-state index contributed by atoms with van der Waals surface area (Å²) in [6.45, 7) is 7.55. The second-order valence-electron chi connectivity index (χ2n) is 7.47. The van der Waals surface area contributed by atoms with Crippen LogP contribution in [0.1, 0.15) is 33.4 Å². The maximum Gasteiger partial charge on any atom is 0.251 e. The number of carbonyl (C=O) groups is 1. The van der Waals surface area contributed by atoms with Gasteiger partial charge in [0.15, 0.2) is 5.82 Å². The molecule has 0 aliphatic carbocycles. The van der Waals surface area contributed by atoms with E-state index < -0.39 is 0 Å². The van der Waals surface area contributed by atoms with Crippen molar-refractivity contribution in [1.82, 2.24) is 30.4 Å². The van der Waals surface area contributed by atoms with Gasteiger partial charge in [0, 0.05) is 25.2 Å². The maximum absolute atomic E-state index is 12.9. The third kappa shape index (κ3) is 4.55. The summed E-state index contributed by atoms with van der Waals surface area (Å²) < 4.78 is 7.12. The van der Waals surface area contributed by atoms with Crippen LogP contribution >= 0.6 is 0 Å². The monoisotopic (exact) mass is 406 g/mol. The predicted octanol–water partition coefficient (Wildman–Crippen LogP) is 2.08. The van der Waals surface area contributed by atoms with Gasteiger partial charge in [-0.3, -0.25) is 9.69 Å². The third-order valence-corrected chi connectivity index (χ3v) is 5.38. The third-order valence-electron chi connectivity index (χ3n) is 5.38. The molecule has 1 aliphatic rings. The highest BCUT2D eigenvalue weighted by Crippen LogP contribution is 2.22. The Morgan fingerprint density at radius 1 is 1.13 bits per heavy atom. The zero-order chi connectivity index (χ0) is 20.9. The Morgan fingerprint density at radius 3 is 2.60 bits per heavy atom. The summed E-state index contributed by atoms with van der Waals surface area (Å²) in [5.74, 6) is 0.548. The van der Waals surface area contributed by atoms with Gasteiger partial charge in [-0.2, -0.15) is 4.68 Å². The molecule has 1 aliphatic heterocycles. The van der Waals surface area contributed by atoms with E-state index in [1.165, 1.54) is 11.1 Å². The van der Waals surface area contributed by atoms with E-state index in [-0.39, 0.29) is 11.9 Å². The second kappa shape index (κ2) is 9.15. The quantitative estimate of drug-likeness (QED) is 0.675. The number of nitrogens with zero attached hydrogens (tertiary/aromatic N) is 5. The van der Waals surface area contributed by atoms with Gasteiger partial charge in [0.05, 0.1) is 24.9 Å². The topological polar surface area (TPSA) is 85.2 Å². The van der Waals surface area contributed by atoms with Gasteiger partial charge in [-0.05, 0) is 48.0 Å². The Bertz CT molecular complexity index is 995. The summed E-state index contributed by atoms with van der Waals surface area (Å²) in [5.41, 5.74) is 3.75. The first-order valence-electron chi connectivity index (χ1n) is 10.1. The van der Waals surface area contributed by atoms with Crippen LogP contribution < -0.4 is 5.32 Å². The minimum absolute atomic E-state index is 0.100. The molecule has 8 heteroatoms. The summed E-state index contributed by atoms with van der Waals surface area (Å²) in [4.78, 5) is 15.3. The Balaban J connectivity index is 1.50. The summed E-state index contributed by atoms with van der Waals surface area (Å²) in [7, 11) is 0. The molecule has 0 spiro atoms. The number of morpholine rings is 1. The van der Waals surface area contributed by atoms with Gasteiger partial charge in [0.2, 0.25) is 0 Å².